The first-order valence-electron chi connectivity index (χ1n) is 5.86. The van der Waals surface area contributed by atoms with Crippen LogP contribution in [0.1, 0.15) is 38.1 Å². The van der Waals surface area contributed by atoms with Crippen LogP contribution in [0.4, 0.5) is 4.79 Å². The van der Waals surface area contributed by atoms with E-state index in [1.807, 2.05) is 6.07 Å². The lowest BCUT2D eigenvalue weighted by Gasteiger charge is -2.37. The molecule has 0 saturated carbocycles. The Bertz CT molecular complexity index is 434. The third kappa shape index (κ3) is 3.09. The van der Waals surface area contributed by atoms with Crippen molar-refractivity contribution in [2.45, 2.75) is 39.3 Å². The van der Waals surface area contributed by atoms with Crippen LogP contribution in [0.2, 0.25) is 0 Å². The lowest BCUT2D eigenvalue weighted by molar-refractivity contribution is 0.0589. The maximum Gasteiger partial charge on any atom is 0.408 e. The Labute approximate surface area is 107 Å². The molecule has 0 aromatic heterocycles. The largest absolute Gasteiger partial charge is 0.465 e. The molecule has 0 heterocycles. The zero-order chi connectivity index (χ0) is 13.9. The summed E-state index contributed by atoms with van der Waals surface area (Å²) in [6.07, 6.45) is -1.08. The van der Waals surface area contributed by atoms with E-state index < -0.39 is 17.7 Å². The highest BCUT2D eigenvalue weighted by Gasteiger charge is 2.34. The molecule has 0 aliphatic heterocycles. The molecule has 98 valence electrons. The van der Waals surface area contributed by atoms with E-state index in [1.54, 1.807) is 52.0 Å². The van der Waals surface area contributed by atoms with Crippen LogP contribution in [0.5, 0.6) is 0 Å². The van der Waals surface area contributed by atoms with E-state index in [9.17, 15) is 14.7 Å². The average molecular weight is 249 g/mol. The third-order valence-electron chi connectivity index (χ3n) is 2.75. The number of rotatable bonds is 3. The van der Waals surface area contributed by atoms with E-state index in [0.29, 0.717) is 5.56 Å². The third-order valence-corrected chi connectivity index (χ3v) is 2.75. The Morgan fingerprint density at radius 1 is 1.17 bits per heavy atom. The summed E-state index contributed by atoms with van der Waals surface area (Å²) in [4.78, 5) is 24.7. The van der Waals surface area contributed by atoms with Crippen molar-refractivity contribution in [3.05, 3.63) is 35.9 Å². The topological polar surface area (TPSA) is 57.6 Å². The van der Waals surface area contributed by atoms with Gasteiger partial charge in [-0.2, -0.15) is 0 Å². The van der Waals surface area contributed by atoms with Crippen LogP contribution < -0.4 is 0 Å². The zero-order valence-electron chi connectivity index (χ0n) is 11.2. The summed E-state index contributed by atoms with van der Waals surface area (Å²) in [6.45, 7) is 6.94. The standard InChI is InChI=1S/C14H19NO3/c1-10(15(13(17)18)14(2,3)4)12(16)11-8-6-5-7-9-11/h5-10H,1-4H3,(H,17,18)/t10-/m0/s1. The zero-order valence-corrected chi connectivity index (χ0v) is 11.2. The summed E-state index contributed by atoms with van der Waals surface area (Å²) < 4.78 is 0. The number of hydrogen-bond donors (Lipinski definition) is 1. The summed E-state index contributed by atoms with van der Waals surface area (Å²) in [5, 5.41) is 9.25. The first-order valence-corrected chi connectivity index (χ1v) is 5.86. The minimum atomic E-state index is -1.08. The number of amides is 1. The van der Waals surface area contributed by atoms with Crippen LogP contribution in [0.25, 0.3) is 0 Å². The van der Waals surface area contributed by atoms with Crippen molar-refractivity contribution >= 4 is 11.9 Å². The van der Waals surface area contributed by atoms with E-state index >= 15 is 0 Å². The summed E-state index contributed by atoms with van der Waals surface area (Å²) in [5.41, 5.74) is -0.0871. The quantitative estimate of drug-likeness (QED) is 0.838. The Kier molecular flexibility index (Phi) is 4.11. The number of ketones is 1. The van der Waals surface area contributed by atoms with Gasteiger partial charge in [-0.3, -0.25) is 9.69 Å². The van der Waals surface area contributed by atoms with Gasteiger partial charge in [0.25, 0.3) is 0 Å². The molecule has 0 aliphatic carbocycles. The van der Waals surface area contributed by atoms with E-state index in [2.05, 4.69) is 0 Å². The maximum atomic E-state index is 12.2. The summed E-state index contributed by atoms with van der Waals surface area (Å²) in [7, 11) is 0. The molecule has 0 bridgehead atoms. The molecule has 18 heavy (non-hydrogen) atoms. The number of carbonyl (C=O) groups excluding carboxylic acids is 1. The number of nitrogens with zero attached hydrogens (tertiary/aromatic N) is 1. The smallest absolute Gasteiger partial charge is 0.408 e. The fraction of sp³-hybridized carbons (Fsp3) is 0.429. The van der Waals surface area contributed by atoms with Gasteiger partial charge in [0.2, 0.25) is 0 Å². The molecule has 1 aromatic rings. The van der Waals surface area contributed by atoms with E-state index in [0.717, 1.165) is 0 Å². The molecule has 0 fully saturated rings. The summed E-state index contributed by atoms with van der Waals surface area (Å²) in [6, 6.07) is 8.04. The van der Waals surface area contributed by atoms with Crippen molar-refractivity contribution in [1.82, 2.24) is 4.90 Å². The van der Waals surface area contributed by atoms with Gasteiger partial charge in [0.05, 0.1) is 6.04 Å². The van der Waals surface area contributed by atoms with Gasteiger partial charge in [-0.15, -0.1) is 0 Å². The number of hydrogen-bond acceptors (Lipinski definition) is 2. The van der Waals surface area contributed by atoms with Crippen LogP contribution in [-0.2, 0) is 0 Å². The fourth-order valence-electron chi connectivity index (χ4n) is 1.99. The molecule has 1 rings (SSSR count). The second-order valence-corrected chi connectivity index (χ2v) is 5.23. The average Bonchev–Trinajstić information content (AvgIpc) is 2.26. The van der Waals surface area contributed by atoms with E-state index in [4.69, 9.17) is 0 Å². The molecule has 1 N–H and O–H groups in total. The molecule has 4 nitrogen and oxygen atoms in total. The van der Waals surface area contributed by atoms with E-state index in [-0.39, 0.29) is 5.78 Å². The number of carboxylic acid groups (broad SMARTS) is 1. The first-order chi connectivity index (χ1) is 8.25. The molecule has 0 aliphatic rings. The van der Waals surface area contributed by atoms with E-state index in [1.165, 1.54) is 4.90 Å². The lowest BCUT2D eigenvalue weighted by atomic mass is 9.98. The minimum Gasteiger partial charge on any atom is -0.465 e. The van der Waals surface area contributed by atoms with Crippen molar-refractivity contribution in [3.8, 4) is 0 Å². The van der Waals surface area contributed by atoms with Crippen LogP contribution in [0, 0.1) is 0 Å². The number of Topliss-reactive ketones (excluding diaryl/α,β-unsaturated/α-hetero) is 1. The fourth-order valence-corrected chi connectivity index (χ4v) is 1.99. The number of benzene rings is 1. The van der Waals surface area contributed by atoms with Crippen molar-refractivity contribution in [2.75, 3.05) is 0 Å². The molecule has 0 radical (unpaired) electrons. The van der Waals surface area contributed by atoms with Gasteiger partial charge < -0.3 is 5.11 Å². The van der Waals surface area contributed by atoms with Crippen LogP contribution >= 0.6 is 0 Å². The second kappa shape index (κ2) is 5.21. The Hall–Kier alpha value is -1.84. The Morgan fingerprint density at radius 2 is 1.67 bits per heavy atom. The molecule has 0 saturated heterocycles. The lowest BCUT2D eigenvalue weighted by Crippen LogP contribution is -2.52. The highest BCUT2D eigenvalue weighted by Crippen LogP contribution is 2.20. The number of carbonyl (C=O) groups is 2. The van der Waals surface area contributed by atoms with Gasteiger partial charge in [0, 0.05) is 11.1 Å². The van der Waals surface area contributed by atoms with Gasteiger partial charge in [0.15, 0.2) is 5.78 Å². The molecular weight excluding hydrogens is 230 g/mol. The van der Waals surface area contributed by atoms with Crippen LogP contribution in [0.3, 0.4) is 0 Å². The molecule has 1 aromatic carbocycles. The molecule has 4 heteroatoms. The summed E-state index contributed by atoms with van der Waals surface area (Å²) in [5.74, 6) is -0.187. The molecule has 1 amide bonds. The predicted molar refractivity (Wildman–Crippen MR) is 69.9 cm³/mol. The van der Waals surface area contributed by atoms with Crippen molar-refractivity contribution in [1.29, 1.82) is 0 Å². The highest BCUT2D eigenvalue weighted by atomic mass is 16.4. The van der Waals surface area contributed by atoms with Crippen molar-refractivity contribution in [3.63, 3.8) is 0 Å². The van der Waals surface area contributed by atoms with Gasteiger partial charge in [-0.1, -0.05) is 30.3 Å². The first kappa shape index (κ1) is 14.2. The monoisotopic (exact) mass is 249 g/mol. The molecule has 0 unspecified atom stereocenters. The Balaban J connectivity index is 3.02. The van der Waals surface area contributed by atoms with Crippen LogP contribution in [0.15, 0.2) is 30.3 Å². The Morgan fingerprint density at radius 3 is 2.06 bits per heavy atom. The van der Waals surface area contributed by atoms with Gasteiger partial charge >= 0.3 is 6.09 Å². The summed E-state index contributed by atoms with van der Waals surface area (Å²) >= 11 is 0. The predicted octanol–water partition coefficient (Wildman–Crippen LogP) is 3.04. The highest BCUT2D eigenvalue weighted by molar-refractivity contribution is 6.01. The van der Waals surface area contributed by atoms with Crippen molar-refractivity contribution in [2.24, 2.45) is 0 Å². The van der Waals surface area contributed by atoms with Crippen molar-refractivity contribution < 1.29 is 14.7 Å². The van der Waals surface area contributed by atoms with Gasteiger partial charge in [0.1, 0.15) is 0 Å². The molecule has 1 atom stereocenters. The normalized spacial score (nSPS) is 12.9. The SMILES string of the molecule is C[C@@H](C(=O)c1ccccc1)N(C(=O)O)C(C)(C)C. The molecular formula is C14H19NO3. The van der Waals surface area contributed by atoms with Gasteiger partial charge in [-0.05, 0) is 27.7 Å². The minimum absolute atomic E-state index is 0.187. The van der Waals surface area contributed by atoms with Gasteiger partial charge in [-0.25, -0.2) is 4.79 Å². The molecule has 0 spiro atoms. The maximum absolute atomic E-state index is 12.2. The van der Waals surface area contributed by atoms with Crippen LogP contribution in [-0.4, -0.2) is 33.5 Å². The second-order valence-electron chi connectivity index (χ2n) is 5.23.